The summed E-state index contributed by atoms with van der Waals surface area (Å²) >= 11 is 18.2. The number of alkyl carbamates (subject to hydrolysis) is 1. The van der Waals surface area contributed by atoms with Crippen molar-refractivity contribution in [3.05, 3.63) is 48.6 Å². The average Bonchev–Trinajstić information content (AvgIpc) is 2.75. The Bertz CT molecular complexity index is 1090. The van der Waals surface area contributed by atoms with Crippen molar-refractivity contribution in [2.45, 2.75) is 42.2 Å². The summed E-state index contributed by atoms with van der Waals surface area (Å²) in [6, 6.07) is 8.06. The number of amides is 1. The number of nitrogens with zero attached hydrogens (tertiary/aromatic N) is 1. The SMILES string of the molecule is C=CCOc1c([C@@H]2N=C(C(Cl)(Cl)Cl)OC[C@H]2NC(=O)OC(C)(C)C)cc(OC)c2ccccc12. The molecule has 1 aliphatic rings. The number of hydrogen-bond acceptors (Lipinski definition) is 6. The number of methoxy groups -OCH3 is 1. The number of benzene rings is 2. The number of ether oxygens (including phenoxy) is 4. The fraction of sp³-hybridized carbons (Fsp3) is 0.417. The van der Waals surface area contributed by atoms with Crippen molar-refractivity contribution in [1.82, 2.24) is 5.32 Å². The minimum Gasteiger partial charge on any atom is -0.496 e. The van der Waals surface area contributed by atoms with Gasteiger partial charge in [0.1, 0.15) is 36.4 Å². The molecular weight excluding hydrogens is 503 g/mol. The van der Waals surface area contributed by atoms with Gasteiger partial charge < -0.3 is 24.3 Å². The van der Waals surface area contributed by atoms with E-state index in [0.29, 0.717) is 17.1 Å². The largest absolute Gasteiger partial charge is 0.496 e. The van der Waals surface area contributed by atoms with Gasteiger partial charge in [0.05, 0.1) is 13.2 Å². The smallest absolute Gasteiger partial charge is 0.408 e. The summed E-state index contributed by atoms with van der Waals surface area (Å²) in [4.78, 5) is 17.2. The fourth-order valence-electron chi connectivity index (χ4n) is 3.56. The van der Waals surface area contributed by atoms with E-state index in [0.717, 1.165) is 10.8 Å². The normalized spacial score (nSPS) is 18.5. The number of fused-ring (bicyclic) bond motifs is 1. The first-order chi connectivity index (χ1) is 15.9. The van der Waals surface area contributed by atoms with E-state index in [2.05, 4.69) is 16.9 Å². The molecule has 0 bridgehead atoms. The molecule has 0 radical (unpaired) electrons. The molecule has 2 aromatic carbocycles. The second kappa shape index (κ2) is 10.5. The Morgan fingerprint density at radius 1 is 1.26 bits per heavy atom. The topological polar surface area (TPSA) is 78.4 Å². The average molecular weight is 530 g/mol. The summed E-state index contributed by atoms with van der Waals surface area (Å²) in [5, 5.41) is 4.47. The zero-order valence-electron chi connectivity index (χ0n) is 19.4. The highest BCUT2D eigenvalue weighted by Crippen LogP contribution is 2.44. The van der Waals surface area contributed by atoms with Gasteiger partial charge in [0.2, 0.25) is 5.90 Å². The van der Waals surface area contributed by atoms with Crippen LogP contribution in [0.15, 0.2) is 48.0 Å². The van der Waals surface area contributed by atoms with E-state index in [1.165, 1.54) is 0 Å². The van der Waals surface area contributed by atoms with Crippen LogP contribution in [0.2, 0.25) is 0 Å². The number of rotatable bonds is 6. The van der Waals surface area contributed by atoms with Gasteiger partial charge in [-0.15, -0.1) is 0 Å². The first-order valence-electron chi connectivity index (χ1n) is 10.5. The van der Waals surface area contributed by atoms with E-state index in [4.69, 9.17) is 53.8 Å². The molecule has 0 saturated heterocycles. The number of aliphatic imine (C=N–C) groups is 1. The Balaban J connectivity index is 2.17. The van der Waals surface area contributed by atoms with Crippen LogP contribution in [0.3, 0.4) is 0 Å². The molecule has 2 aromatic rings. The summed E-state index contributed by atoms with van der Waals surface area (Å²) < 4.78 is 20.9. The van der Waals surface area contributed by atoms with Crippen LogP contribution in [0, 0.1) is 0 Å². The maximum atomic E-state index is 12.6. The van der Waals surface area contributed by atoms with Gasteiger partial charge in [-0.05, 0) is 26.8 Å². The number of alkyl halides is 3. The summed E-state index contributed by atoms with van der Waals surface area (Å²) in [6.07, 6.45) is 1.01. The lowest BCUT2D eigenvalue weighted by Gasteiger charge is -2.34. The molecule has 1 aliphatic heterocycles. The third-order valence-electron chi connectivity index (χ3n) is 4.85. The van der Waals surface area contributed by atoms with Crippen LogP contribution in [-0.4, -0.2) is 47.7 Å². The molecule has 0 aromatic heterocycles. The van der Waals surface area contributed by atoms with Crippen LogP contribution >= 0.6 is 34.8 Å². The molecule has 0 unspecified atom stereocenters. The minimum absolute atomic E-state index is 0.00725. The van der Waals surface area contributed by atoms with Crippen molar-refractivity contribution < 1.29 is 23.7 Å². The molecule has 34 heavy (non-hydrogen) atoms. The van der Waals surface area contributed by atoms with Gasteiger partial charge in [0.15, 0.2) is 0 Å². The molecular formula is C24H27Cl3N2O5. The summed E-state index contributed by atoms with van der Waals surface area (Å²) in [6.45, 7) is 9.30. The second-order valence-electron chi connectivity index (χ2n) is 8.58. The number of hydrogen-bond donors (Lipinski definition) is 1. The van der Waals surface area contributed by atoms with Crippen LogP contribution in [0.1, 0.15) is 32.4 Å². The van der Waals surface area contributed by atoms with Gasteiger partial charge in [-0.2, -0.15) is 0 Å². The molecule has 7 nitrogen and oxygen atoms in total. The van der Waals surface area contributed by atoms with Gasteiger partial charge in [0.25, 0.3) is 3.79 Å². The van der Waals surface area contributed by atoms with E-state index < -0.39 is 27.6 Å². The van der Waals surface area contributed by atoms with Gasteiger partial charge in [0, 0.05) is 16.3 Å². The quantitative estimate of drug-likeness (QED) is 0.359. The van der Waals surface area contributed by atoms with Crippen LogP contribution < -0.4 is 14.8 Å². The Kier molecular flexibility index (Phi) is 8.11. The Labute approximate surface area is 213 Å². The zero-order chi connectivity index (χ0) is 25.1. The second-order valence-corrected chi connectivity index (χ2v) is 10.9. The standard InChI is InChI=1S/C24H27Cl3N2O5/c1-6-11-32-20-15-10-8-7-9-14(15)18(31-5)12-16(20)19-17(28-22(30)34-23(2,3)4)13-33-21(29-19)24(25,26)27/h6-10,12,17,19H,1,11,13H2,2-5H3,(H,28,30)/t17-,19+/m1/s1. The van der Waals surface area contributed by atoms with Crippen molar-refractivity contribution in [2.75, 3.05) is 20.3 Å². The third kappa shape index (κ3) is 6.20. The Hall–Kier alpha value is -2.35. The van der Waals surface area contributed by atoms with Gasteiger partial charge in [-0.25, -0.2) is 9.79 Å². The monoisotopic (exact) mass is 528 g/mol. The lowest BCUT2D eigenvalue weighted by atomic mass is 9.94. The third-order valence-corrected chi connectivity index (χ3v) is 5.34. The van der Waals surface area contributed by atoms with Crippen molar-refractivity contribution in [3.8, 4) is 11.5 Å². The van der Waals surface area contributed by atoms with Crippen LogP contribution in [0.25, 0.3) is 10.8 Å². The van der Waals surface area contributed by atoms with Crippen LogP contribution in [-0.2, 0) is 9.47 Å². The highest BCUT2D eigenvalue weighted by molar-refractivity contribution is 6.76. The molecule has 1 heterocycles. The molecule has 0 fully saturated rings. The molecule has 10 heteroatoms. The predicted octanol–water partition coefficient (Wildman–Crippen LogP) is 6.15. The zero-order valence-corrected chi connectivity index (χ0v) is 21.6. The molecule has 1 amide bonds. The molecule has 2 atom stereocenters. The van der Waals surface area contributed by atoms with E-state index in [-0.39, 0.29) is 19.1 Å². The van der Waals surface area contributed by atoms with E-state index >= 15 is 0 Å². The Morgan fingerprint density at radius 2 is 1.94 bits per heavy atom. The molecule has 184 valence electrons. The van der Waals surface area contributed by atoms with Crippen LogP contribution in [0.5, 0.6) is 11.5 Å². The first kappa shape index (κ1) is 26.3. The number of carbonyl (C=O) groups is 1. The maximum absolute atomic E-state index is 12.6. The van der Waals surface area contributed by atoms with E-state index in [9.17, 15) is 4.79 Å². The van der Waals surface area contributed by atoms with Gasteiger partial charge in [-0.1, -0.05) is 71.7 Å². The number of nitrogens with one attached hydrogen (secondary N) is 1. The van der Waals surface area contributed by atoms with Gasteiger partial charge in [-0.3, -0.25) is 0 Å². The fourth-order valence-corrected chi connectivity index (χ4v) is 3.87. The molecule has 0 aliphatic carbocycles. The predicted molar refractivity (Wildman–Crippen MR) is 136 cm³/mol. The number of halogens is 3. The molecule has 0 spiro atoms. The van der Waals surface area contributed by atoms with Crippen molar-refractivity contribution in [1.29, 1.82) is 0 Å². The highest BCUT2D eigenvalue weighted by atomic mass is 35.6. The van der Waals surface area contributed by atoms with Crippen molar-refractivity contribution in [2.24, 2.45) is 4.99 Å². The van der Waals surface area contributed by atoms with Crippen LogP contribution in [0.4, 0.5) is 4.79 Å². The first-order valence-corrected chi connectivity index (χ1v) is 11.7. The summed E-state index contributed by atoms with van der Waals surface area (Å²) in [7, 11) is 1.58. The molecule has 0 saturated carbocycles. The highest BCUT2D eigenvalue weighted by Gasteiger charge is 2.40. The summed E-state index contributed by atoms with van der Waals surface area (Å²) in [5.74, 6) is 1.06. The van der Waals surface area contributed by atoms with Gasteiger partial charge >= 0.3 is 6.09 Å². The maximum Gasteiger partial charge on any atom is 0.408 e. The number of carbonyl (C=O) groups excluding carboxylic acids is 1. The molecule has 3 rings (SSSR count). The molecule has 1 N–H and O–H groups in total. The Morgan fingerprint density at radius 3 is 2.53 bits per heavy atom. The summed E-state index contributed by atoms with van der Waals surface area (Å²) in [5.41, 5.74) is -0.0700. The lowest BCUT2D eigenvalue weighted by molar-refractivity contribution is 0.0464. The lowest BCUT2D eigenvalue weighted by Crippen LogP contribution is -2.48. The minimum atomic E-state index is -1.89. The van der Waals surface area contributed by atoms with E-state index in [1.54, 1.807) is 40.0 Å². The van der Waals surface area contributed by atoms with E-state index in [1.807, 2.05) is 24.3 Å². The van der Waals surface area contributed by atoms with Crippen molar-refractivity contribution >= 4 is 57.6 Å². The van der Waals surface area contributed by atoms with Crippen molar-refractivity contribution in [3.63, 3.8) is 0 Å².